The molecule has 0 spiro atoms. The molecule has 0 aliphatic rings. The average molecular weight is 259 g/mol. The van der Waals surface area contributed by atoms with Crippen LogP contribution in [0.3, 0.4) is 0 Å². The minimum atomic E-state index is -0.898. The minimum absolute atomic E-state index is 0.0897. The lowest BCUT2D eigenvalue weighted by Crippen LogP contribution is -2.42. The maximum atomic E-state index is 12.6. The number of nitrogens with zero attached hydrogens (tertiary/aromatic N) is 3. The van der Waals surface area contributed by atoms with Gasteiger partial charge in [-0.05, 0) is 31.9 Å². The molecule has 102 valence electrons. The summed E-state index contributed by atoms with van der Waals surface area (Å²) in [5.74, 6) is -0.0897. The second-order valence-electron chi connectivity index (χ2n) is 4.54. The summed E-state index contributed by atoms with van der Waals surface area (Å²) in [6, 6.07) is 7.84. The van der Waals surface area contributed by atoms with E-state index in [2.05, 4.69) is 11.1 Å². The average Bonchev–Trinajstić information content (AvgIpc) is 2.48. The summed E-state index contributed by atoms with van der Waals surface area (Å²) < 4.78 is 0. The minimum Gasteiger partial charge on any atom is -0.336 e. The van der Waals surface area contributed by atoms with Crippen LogP contribution < -0.4 is 0 Å². The zero-order chi connectivity index (χ0) is 14.3. The van der Waals surface area contributed by atoms with Gasteiger partial charge < -0.3 is 4.90 Å². The largest absolute Gasteiger partial charge is 0.336 e. The van der Waals surface area contributed by atoms with Crippen LogP contribution in [0, 0.1) is 16.7 Å². The third-order valence-electron chi connectivity index (χ3n) is 3.58. The number of rotatable bonds is 6. The second-order valence-corrected chi connectivity index (χ2v) is 4.54. The van der Waals surface area contributed by atoms with Crippen LogP contribution in [0.5, 0.6) is 0 Å². The number of hydrogen-bond acceptors (Lipinski definition) is 3. The zero-order valence-corrected chi connectivity index (χ0v) is 11.9. The van der Waals surface area contributed by atoms with Crippen LogP contribution >= 0.6 is 0 Å². The molecule has 4 nitrogen and oxygen atoms in total. The van der Waals surface area contributed by atoms with E-state index in [1.165, 1.54) is 0 Å². The van der Waals surface area contributed by atoms with Crippen LogP contribution in [0.25, 0.3) is 0 Å². The summed E-state index contributed by atoms with van der Waals surface area (Å²) in [6.07, 6.45) is 2.79. The van der Waals surface area contributed by atoms with Crippen LogP contribution in [0.4, 0.5) is 0 Å². The zero-order valence-electron chi connectivity index (χ0n) is 11.9. The van der Waals surface area contributed by atoms with Crippen LogP contribution in [0.2, 0.25) is 0 Å². The van der Waals surface area contributed by atoms with Gasteiger partial charge in [-0.25, -0.2) is 0 Å². The first kappa shape index (κ1) is 15.2. The van der Waals surface area contributed by atoms with Crippen LogP contribution in [-0.2, 0) is 11.3 Å². The molecular weight excluding hydrogens is 238 g/mol. The first-order chi connectivity index (χ1) is 9.13. The molecule has 0 saturated carbocycles. The molecule has 0 unspecified atom stereocenters. The monoisotopic (exact) mass is 259 g/mol. The number of aromatic nitrogens is 1. The van der Waals surface area contributed by atoms with Crippen LogP contribution in [-0.4, -0.2) is 22.3 Å². The maximum absolute atomic E-state index is 12.6. The Morgan fingerprint density at radius 2 is 2.05 bits per heavy atom. The molecule has 1 aromatic rings. The van der Waals surface area contributed by atoms with E-state index in [0.29, 0.717) is 25.9 Å². The van der Waals surface area contributed by atoms with Gasteiger partial charge in [-0.1, -0.05) is 19.9 Å². The Morgan fingerprint density at radius 1 is 1.37 bits per heavy atom. The molecule has 0 bridgehead atoms. The number of nitriles is 1. The third kappa shape index (κ3) is 3.31. The molecule has 0 aliphatic heterocycles. The van der Waals surface area contributed by atoms with Crippen molar-refractivity contribution in [2.24, 2.45) is 5.41 Å². The van der Waals surface area contributed by atoms with Gasteiger partial charge in [0.05, 0.1) is 18.3 Å². The van der Waals surface area contributed by atoms with Gasteiger partial charge in [-0.15, -0.1) is 0 Å². The van der Waals surface area contributed by atoms with Crippen LogP contribution in [0.15, 0.2) is 24.4 Å². The lowest BCUT2D eigenvalue weighted by Gasteiger charge is -2.30. The highest BCUT2D eigenvalue weighted by molar-refractivity contribution is 5.85. The standard InChI is InChI=1S/C15H21N3O/c1-4-15(5-2,12-16)14(19)18(6-3)11-13-9-7-8-10-17-13/h7-10H,4-6,11H2,1-3H3. The quantitative estimate of drug-likeness (QED) is 0.789. The highest BCUT2D eigenvalue weighted by Crippen LogP contribution is 2.28. The van der Waals surface area contributed by atoms with E-state index >= 15 is 0 Å². The van der Waals surface area contributed by atoms with Crippen LogP contribution in [0.1, 0.15) is 39.3 Å². The predicted molar refractivity (Wildman–Crippen MR) is 74.0 cm³/mol. The van der Waals surface area contributed by atoms with E-state index in [-0.39, 0.29) is 5.91 Å². The van der Waals surface area contributed by atoms with Crippen molar-refractivity contribution in [3.8, 4) is 6.07 Å². The number of amides is 1. The van der Waals surface area contributed by atoms with E-state index in [4.69, 9.17) is 0 Å². The molecule has 0 radical (unpaired) electrons. The van der Waals surface area contributed by atoms with Gasteiger partial charge in [-0.3, -0.25) is 9.78 Å². The molecule has 1 aromatic heterocycles. The SMILES string of the molecule is CCN(Cc1ccccn1)C(=O)C(C#N)(CC)CC. The molecule has 19 heavy (non-hydrogen) atoms. The van der Waals surface area contributed by atoms with Crippen molar-refractivity contribution < 1.29 is 4.79 Å². The van der Waals surface area contributed by atoms with Crippen molar-refractivity contribution in [1.82, 2.24) is 9.88 Å². The molecule has 4 heteroatoms. The number of pyridine rings is 1. The molecular formula is C15H21N3O. The molecule has 0 fully saturated rings. The van der Waals surface area contributed by atoms with Crippen molar-refractivity contribution in [3.05, 3.63) is 30.1 Å². The highest BCUT2D eigenvalue weighted by Gasteiger charge is 2.38. The summed E-state index contributed by atoms with van der Waals surface area (Å²) in [5.41, 5.74) is -0.0538. The van der Waals surface area contributed by atoms with E-state index in [9.17, 15) is 10.1 Å². The summed E-state index contributed by atoms with van der Waals surface area (Å²) in [6.45, 7) is 6.74. The van der Waals surface area contributed by atoms with Gasteiger partial charge >= 0.3 is 0 Å². The van der Waals surface area contributed by atoms with E-state index < -0.39 is 5.41 Å². The first-order valence-electron chi connectivity index (χ1n) is 6.74. The molecule has 1 heterocycles. The Bertz CT molecular complexity index is 446. The molecule has 0 N–H and O–H groups in total. The first-order valence-corrected chi connectivity index (χ1v) is 6.74. The van der Waals surface area contributed by atoms with Gasteiger partial charge in [0.15, 0.2) is 0 Å². The van der Waals surface area contributed by atoms with Crippen molar-refractivity contribution in [2.45, 2.75) is 40.2 Å². The van der Waals surface area contributed by atoms with Crippen molar-refractivity contribution in [3.63, 3.8) is 0 Å². The van der Waals surface area contributed by atoms with Crippen molar-refractivity contribution in [2.75, 3.05) is 6.54 Å². The molecule has 1 rings (SSSR count). The molecule has 1 amide bonds. The van der Waals surface area contributed by atoms with E-state index in [1.54, 1.807) is 11.1 Å². The van der Waals surface area contributed by atoms with E-state index in [1.807, 2.05) is 39.0 Å². The second kappa shape index (κ2) is 6.89. The Labute approximate surface area is 115 Å². The number of hydrogen-bond donors (Lipinski definition) is 0. The normalized spacial score (nSPS) is 10.8. The number of carbonyl (C=O) groups excluding carboxylic acids is 1. The summed E-state index contributed by atoms with van der Waals surface area (Å²) in [7, 11) is 0. The maximum Gasteiger partial charge on any atom is 0.243 e. The topological polar surface area (TPSA) is 57.0 Å². The van der Waals surface area contributed by atoms with Gasteiger partial charge in [0.2, 0.25) is 5.91 Å². The number of carbonyl (C=O) groups is 1. The Hall–Kier alpha value is -1.89. The molecule has 0 aromatic carbocycles. The summed E-state index contributed by atoms with van der Waals surface area (Å²) >= 11 is 0. The van der Waals surface area contributed by atoms with Crippen molar-refractivity contribution >= 4 is 5.91 Å². The van der Waals surface area contributed by atoms with Gasteiger partial charge in [0.25, 0.3) is 0 Å². The predicted octanol–water partition coefficient (Wildman–Crippen LogP) is 2.76. The fourth-order valence-electron chi connectivity index (χ4n) is 2.08. The molecule has 0 aliphatic carbocycles. The smallest absolute Gasteiger partial charge is 0.243 e. The summed E-state index contributed by atoms with van der Waals surface area (Å²) in [4.78, 5) is 18.5. The van der Waals surface area contributed by atoms with Gasteiger partial charge in [0.1, 0.15) is 5.41 Å². The fourth-order valence-corrected chi connectivity index (χ4v) is 2.08. The van der Waals surface area contributed by atoms with Gasteiger partial charge in [-0.2, -0.15) is 5.26 Å². The van der Waals surface area contributed by atoms with Gasteiger partial charge in [0, 0.05) is 12.7 Å². The third-order valence-corrected chi connectivity index (χ3v) is 3.58. The lowest BCUT2D eigenvalue weighted by atomic mass is 9.82. The molecule has 0 atom stereocenters. The Balaban J connectivity index is 2.91. The Kier molecular flexibility index (Phi) is 5.50. The fraction of sp³-hybridized carbons (Fsp3) is 0.533. The van der Waals surface area contributed by atoms with E-state index in [0.717, 1.165) is 5.69 Å². The summed E-state index contributed by atoms with van der Waals surface area (Å²) in [5, 5.41) is 9.34. The molecule has 0 saturated heterocycles. The highest BCUT2D eigenvalue weighted by atomic mass is 16.2. The lowest BCUT2D eigenvalue weighted by molar-refractivity contribution is -0.140. The Morgan fingerprint density at radius 3 is 2.47 bits per heavy atom. The van der Waals surface area contributed by atoms with Crippen molar-refractivity contribution in [1.29, 1.82) is 5.26 Å².